The topological polar surface area (TPSA) is 0 Å². The van der Waals surface area contributed by atoms with Gasteiger partial charge in [-0.3, -0.25) is 0 Å². The molecule has 1 saturated carbocycles. The van der Waals surface area contributed by atoms with Gasteiger partial charge < -0.3 is 0 Å². The van der Waals surface area contributed by atoms with E-state index in [2.05, 4.69) is 30.3 Å². The number of rotatable bonds is 1. The van der Waals surface area contributed by atoms with Crippen molar-refractivity contribution in [3.8, 4) is 0 Å². The van der Waals surface area contributed by atoms with Crippen molar-refractivity contribution in [2.24, 2.45) is 0 Å². The summed E-state index contributed by atoms with van der Waals surface area (Å²) in [4.78, 5) is 0. The fourth-order valence-electron chi connectivity index (χ4n) is 1.98. The smallest absolute Gasteiger partial charge is 0.0162 e. The first-order valence-corrected chi connectivity index (χ1v) is 4.52. The standard InChI is InChI=1S/C11H14.BrH/c1-2-6-10(7-3-1)11-8-4-5-9-11;/h1-3,6-7,11H,4-5,8-9H2;1H. The molecule has 0 aromatic heterocycles. The van der Waals surface area contributed by atoms with Gasteiger partial charge in [0, 0.05) is 0 Å². The lowest BCUT2D eigenvalue weighted by molar-refractivity contribution is 0.723. The van der Waals surface area contributed by atoms with Crippen LogP contribution in [0.15, 0.2) is 30.3 Å². The fraction of sp³-hybridized carbons (Fsp3) is 0.455. The van der Waals surface area contributed by atoms with Crippen molar-refractivity contribution in [3.05, 3.63) is 35.9 Å². The first-order chi connectivity index (χ1) is 5.47. The zero-order valence-corrected chi connectivity index (χ0v) is 8.91. The largest absolute Gasteiger partial charge is 0.114 e. The van der Waals surface area contributed by atoms with E-state index in [0.29, 0.717) is 0 Å². The molecule has 0 aliphatic heterocycles. The second kappa shape index (κ2) is 4.66. The number of hydrogen-bond acceptors (Lipinski definition) is 0. The Balaban J connectivity index is 0.000000720. The van der Waals surface area contributed by atoms with Gasteiger partial charge in [0.2, 0.25) is 0 Å². The Bertz CT molecular complexity index is 212. The molecule has 66 valence electrons. The Labute approximate surface area is 84.8 Å². The molecule has 1 aromatic rings. The maximum Gasteiger partial charge on any atom is -0.0162 e. The highest BCUT2D eigenvalue weighted by atomic mass is 79.9. The minimum absolute atomic E-state index is 0. The Morgan fingerprint density at radius 2 is 1.50 bits per heavy atom. The Morgan fingerprint density at radius 1 is 0.917 bits per heavy atom. The van der Waals surface area contributed by atoms with Crippen LogP contribution in [0.4, 0.5) is 0 Å². The molecule has 0 N–H and O–H groups in total. The van der Waals surface area contributed by atoms with Crippen molar-refractivity contribution < 1.29 is 0 Å². The van der Waals surface area contributed by atoms with Crippen molar-refractivity contribution in [2.75, 3.05) is 0 Å². The van der Waals surface area contributed by atoms with Gasteiger partial charge in [0.05, 0.1) is 0 Å². The third-order valence-corrected chi connectivity index (χ3v) is 2.63. The van der Waals surface area contributed by atoms with Gasteiger partial charge in [-0.15, -0.1) is 17.0 Å². The Hall–Kier alpha value is -0.300. The molecule has 0 atom stereocenters. The molecule has 0 heterocycles. The van der Waals surface area contributed by atoms with Gasteiger partial charge in [-0.25, -0.2) is 0 Å². The summed E-state index contributed by atoms with van der Waals surface area (Å²) in [5.74, 6) is 0.871. The van der Waals surface area contributed by atoms with Crippen LogP contribution in [-0.2, 0) is 0 Å². The van der Waals surface area contributed by atoms with Crippen molar-refractivity contribution in [1.29, 1.82) is 0 Å². The van der Waals surface area contributed by atoms with Crippen LogP contribution >= 0.6 is 17.0 Å². The zero-order valence-electron chi connectivity index (χ0n) is 7.20. The normalized spacial score (nSPS) is 17.3. The lowest BCUT2D eigenvalue weighted by Crippen LogP contribution is -1.89. The van der Waals surface area contributed by atoms with Gasteiger partial charge >= 0.3 is 0 Å². The Morgan fingerprint density at radius 3 is 2.08 bits per heavy atom. The van der Waals surface area contributed by atoms with E-state index in [0.717, 1.165) is 5.92 Å². The molecule has 1 aliphatic rings. The van der Waals surface area contributed by atoms with E-state index in [-0.39, 0.29) is 17.0 Å². The monoisotopic (exact) mass is 226 g/mol. The van der Waals surface area contributed by atoms with E-state index in [1.807, 2.05) is 0 Å². The predicted octanol–water partition coefficient (Wildman–Crippen LogP) is 3.92. The molecular weight excluding hydrogens is 212 g/mol. The third kappa shape index (κ3) is 2.10. The lowest BCUT2D eigenvalue weighted by Gasteiger charge is -2.07. The van der Waals surface area contributed by atoms with E-state index < -0.39 is 0 Å². The van der Waals surface area contributed by atoms with Crippen LogP contribution in [0.1, 0.15) is 37.2 Å². The van der Waals surface area contributed by atoms with E-state index in [4.69, 9.17) is 0 Å². The highest BCUT2D eigenvalue weighted by Crippen LogP contribution is 2.33. The summed E-state index contributed by atoms with van der Waals surface area (Å²) >= 11 is 0. The number of halogens is 1. The molecule has 0 unspecified atom stereocenters. The van der Waals surface area contributed by atoms with E-state index >= 15 is 0 Å². The quantitative estimate of drug-likeness (QED) is 0.682. The van der Waals surface area contributed by atoms with Crippen LogP contribution in [0.5, 0.6) is 0 Å². The molecular formula is C11H15Br. The average molecular weight is 227 g/mol. The SMILES string of the molecule is Br.c1ccc(C2CCCC2)cc1. The molecule has 0 nitrogen and oxygen atoms in total. The van der Waals surface area contributed by atoms with Crippen LogP contribution in [0, 0.1) is 0 Å². The maximum atomic E-state index is 2.26. The first kappa shape index (κ1) is 9.79. The molecule has 12 heavy (non-hydrogen) atoms. The van der Waals surface area contributed by atoms with Crippen molar-refractivity contribution in [1.82, 2.24) is 0 Å². The highest BCUT2D eigenvalue weighted by Gasteiger charge is 2.15. The van der Waals surface area contributed by atoms with E-state index in [9.17, 15) is 0 Å². The van der Waals surface area contributed by atoms with Crippen LogP contribution in [0.25, 0.3) is 0 Å². The van der Waals surface area contributed by atoms with Gasteiger partial charge in [0.25, 0.3) is 0 Å². The number of benzene rings is 1. The molecule has 1 heteroatoms. The molecule has 1 aliphatic carbocycles. The van der Waals surface area contributed by atoms with Crippen LogP contribution in [-0.4, -0.2) is 0 Å². The lowest BCUT2D eigenvalue weighted by atomic mass is 9.98. The molecule has 2 rings (SSSR count). The summed E-state index contributed by atoms with van der Waals surface area (Å²) in [5, 5.41) is 0. The molecule has 0 saturated heterocycles. The number of hydrogen-bond donors (Lipinski definition) is 0. The van der Waals surface area contributed by atoms with Crippen molar-refractivity contribution in [3.63, 3.8) is 0 Å². The molecule has 1 fully saturated rings. The molecule has 0 radical (unpaired) electrons. The Kier molecular flexibility index (Phi) is 3.80. The molecule has 0 bridgehead atoms. The summed E-state index contributed by atoms with van der Waals surface area (Å²) in [5.41, 5.74) is 1.55. The first-order valence-electron chi connectivity index (χ1n) is 4.52. The fourth-order valence-corrected chi connectivity index (χ4v) is 1.98. The molecule has 1 aromatic carbocycles. The van der Waals surface area contributed by atoms with Crippen LogP contribution < -0.4 is 0 Å². The summed E-state index contributed by atoms with van der Waals surface area (Å²) in [6.07, 6.45) is 5.67. The molecule has 0 amide bonds. The summed E-state index contributed by atoms with van der Waals surface area (Å²) in [6, 6.07) is 10.9. The summed E-state index contributed by atoms with van der Waals surface area (Å²) in [7, 11) is 0. The average Bonchev–Trinajstić information content (AvgIpc) is 2.58. The second-order valence-electron chi connectivity index (χ2n) is 3.39. The van der Waals surface area contributed by atoms with Gasteiger partial charge in [-0.2, -0.15) is 0 Å². The minimum Gasteiger partial charge on any atom is -0.114 e. The van der Waals surface area contributed by atoms with Gasteiger partial charge in [0.15, 0.2) is 0 Å². The summed E-state index contributed by atoms with van der Waals surface area (Å²) < 4.78 is 0. The maximum absolute atomic E-state index is 2.26. The van der Waals surface area contributed by atoms with Gasteiger partial charge in [0.1, 0.15) is 0 Å². The van der Waals surface area contributed by atoms with Crippen molar-refractivity contribution >= 4 is 17.0 Å². The summed E-state index contributed by atoms with van der Waals surface area (Å²) in [6.45, 7) is 0. The van der Waals surface area contributed by atoms with E-state index in [1.165, 1.54) is 25.7 Å². The second-order valence-corrected chi connectivity index (χ2v) is 3.39. The minimum atomic E-state index is 0. The van der Waals surface area contributed by atoms with Crippen LogP contribution in [0.3, 0.4) is 0 Å². The zero-order chi connectivity index (χ0) is 7.52. The van der Waals surface area contributed by atoms with Gasteiger partial charge in [-0.1, -0.05) is 43.2 Å². The molecule has 0 spiro atoms. The van der Waals surface area contributed by atoms with E-state index in [1.54, 1.807) is 5.56 Å². The third-order valence-electron chi connectivity index (χ3n) is 2.63. The highest BCUT2D eigenvalue weighted by molar-refractivity contribution is 8.93. The van der Waals surface area contributed by atoms with Gasteiger partial charge in [-0.05, 0) is 24.3 Å². The van der Waals surface area contributed by atoms with Crippen LogP contribution in [0.2, 0.25) is 0 Å². The predicted molar refractivity (Wildman–Crippen MR) is 58.0 cm³/mol. The van der Waals surface area contributed by atoms with Crippen molar-refractivity contribution in [2.45, 2.75) is 31.6 Å².